The van der Waals surface area contributed by atoms with E-state index in [1.807, 2.05) is 0 Å². The summed E-state index contributed by atoms with van der Waals surface area (Å²) in [6, 6.07) is 8.02. The predicted molar refractivity (Wildman–Crippen MR) is 101 cm³/mol. The second kappa shape index (κ2) is 7.65. The monoisotopic (exact) mass is 402 g/mol. The lowest BCUT2D eigenvalue weighted by Crippen LogP contribution is -2.46. The number of H-pyrrole nitrogens is 1. The van der Waals surface area contributed by atoms with Crippen molar-refractivity contribution in [3.05, 3.63) is 53.2 Å². The molecule has 2 aromatic heterocycles. The number of rotatable bonds is 4. The van der Waals surface area contributed by atoms with E-state index >= 15 is 0 Å². The third-order valence-electron chi connectivity index (χ3n) is 5.04. The molecule has 1 saturated heterocycles. The molecule has 0 atom stereocenters. The SMILES string of the molecule is Cc1ccc(C(=O)NC2CCN(C(=O)c3ccc4nc(C(F)F)[nH]c4c3)CC2)o1. The quantitative estimate of drug-likeness (QED) is 0.699. The molecule has 0 spiro atoms. The van der Waals surface area contributed by atoms with Gasteiger partial charge in [-0.2, -0.15) is 0 Å². The third kappa shape index (κ3) is 3.98. The second-order valence-electron chi connectivity index (χ2n) is 7.10. The fraction of sp³-hybridized carbons (Fsp3) is 0.350. The zero-order valence-electron chi connectivity index (χ0n) is 15.7. The fourth-order valence-corrected chi connectivity index (χ4v) is 3.49. The molecule has 2 N–H and O–H groups in total. The number of piperidine rings is 1. The van der Waals surface area contributed by atoms with Crippen molar-refractivity contribution in [2.75, 3.05) is 13.1 Å². The number of halogens is 2. The normalized spacial score (nSPS) is 15.2. The number of hydrogen-bond donors (Lipinski definition) is 2. The molecule has 1 aliphatic heterocycles. The predicted octanol–water partition coefficient (Wildman–Crippen LogP) is 3.44. The number of nitrogens with one attached hydrogen (secondary N) is 2. The maximum absolute atomic E-state index is 12.8. The minimum atomic E-state index is -2.69. The number of carbonyl (C=O) groups excluding carboxylic acids is 2. The summed E-state index contributed by atoms with van der Waals surface area (Å²) in [5, 5.41) is 2.93. The molecular weight excluding hydrogens is 382 g/mol. The number of fused-ring (bicyclic) bond motifs is 1. The van der Waals surface area contributed by atoms with E-state index in [0.29, 0.717) is 48.3 Å². The molecule has 3 aromatic rings. The molecule has 0 saturated carbocycles. The summed E-state index contributed by atoms with van der Waals surface area (Å²) >= 11 is 0. The highest BCUT2D eigenvalue weighted by Crippen LogP contribution is 2.22. The molecule has 29 heavy (non-hydrogen) atoms. The van der Waals surface area contributed by atoms with Crippen molar-refractivity contribution >= 4 is 22.8 Å². The molecule has 4 rings (SSSR count). The van der Waals surface area contributed by atoms with Gasteiger partial charge >= 0.3 is 0 Å². The van der Waals surface area contributed by atoms with Crippen molar-refractivity contribution < 1.29 is 22.8 Å². The van der Waals surface area contributed by atoms with Gasteiger partial charge in [-0.3, -0.25) is 9.59 Å². The first-order valence-corrected chi connectivity index (χ1v) is 9.35. The molecule has 0 bridgehead atoms. The summed E-state index contributed by atoms with van der Waals surface area (Å²) in [6.45, 7) is 2.75. The maximum Gasteiger partial charge on any atom is 0.295 e. The first-order chi connectivity index (χ1) is 13.9. The van der Waals surface area contributed by atoms with E-state index in [2.05, 4.69) is 15.3 Å². The van der Waals surface area contributed by atoms with Gasteiger partial charge in [0.2, 0.25) is 0 Å². The van der Waals surface area contributed by atoms with Gasteiger partial charge in [-0.15, -0.1) is 0 Å². The fourth-order valence-electron chi connectivity index (χ4n) is 3.49. The number of aromatic nitrogens is 2. The Balaban J connectivity index is 1.37. The molecule has 152 valence electrons. The van der Waals surface area contributed by atoms with Crippen LogP contribution in [0, 0.1) is 6.92 Å². The zero-order valence-corrected chi connectivity index (χ0v) is 15.7. The van der Waals surface area contributed by atoms with Crippen LogP contribution in [0.4, 0.5) is 8.78 Å². The standard InChI is InChI=1S/C20H20F2N4O3/c1-11-2-5-16(29-11)19(27)23-13-6-8-26(9-7-13)20(28)12-3-4-14-15(10-12)25-18(24-14)17(21)22/h2-5,10,13,17H,6-9H2,1H3,(H,23,27)(H,24,25). The number of imidazole rings is 1. The maximum atomic E-state index is 12.8. The number of furan rings is 1. The van der Waals surface area contributed by atoms with Crippen molar-refractivity contribution in [2.24, 2.45) is 0 Å². The van der Waals surface area contributed by atoms with Crippen LogP contribution in [-0.4, -0.2) is 45.8 Å². The molecule has 7 nitrogen and oxygen atoms in total. The Morgan fingerprint density at radius 1 is 1.24 bits per heavy atom. The van der Waals surface area contributed by atoms with Crippen molar-refractivity contribution in [3.8, 4) is 0 Å². The number of aryl methyl sites for hydroxylation is 1. The smallest absolute Gasteiger partial charge is 0.295 e. The van der Waals surface area contributed by atoms with Gasteiger partial charge < -0.3 is 19.6 Å². The molecule has 0 radical (unpaired) electrons. The average Bonchev–Trinajstić information content (AvgIpc) is 3.33. The largest absolute Gasteiger partial charge is 0.456 e. The second-order valence-corrected chi connectivity index (χ2v) is 7.10. The Hall–Kier alpha value is -3.23. The Morgan fingerprint density at radius 2 is 2.00 bits per heavy atom. The lowest BCUT2D eigenvalue weighted by molar-refractivity contribution is 0.0695. The molecule has 1 fully saturated rings. The molecule has 2 amide bonds. The van der Waals surface area contributed by atoms with Gasteiger partial charge in [-0.05, 0) is 50.1 Å². The van der Waals surface area contributed by atoms with Crippen LogP contribution in [0.3, 0.4) is 0 Å². The minimum Gasteiger partial charge on any atom is -0.456 e. The zero-order chi connectivity index (χ0) is 20.5. The van der Waals surface area contributed by atoms with Crippen LogP contribution in [0.5, 0.6) is 0 Å². The van der Waals surface area contributed by atoms with Crippen LogP contribution in [0.25, 0.3) is 11.0 Å². The van der Waals surface area contributed by atoms with E-state index in [1.54, 1.807) is 42.2 Å². The number of likely N-dealkylation sites (tertiary alicyclic amines) is 1. The Kier molecular flexibility index (Phi) is 5.04. The van der Waals surface area contributed by atoms with Gasteiger partial charge in [0.05, 0.1) is 11.0 Å². The van der Waals surface area contributed by atoms with E-state index < -0.39 is 12.2 Å². The highest BCUT2D eigenvalue weighted by molar-refractivity contribution is 5.97. The summed E-state index contributed by atoms with van der Waals surface area (Å²) in [6.07, 6.45) is -1.45. The van der Waals surface area contributed by atoms with Crippen LogP contribution in [0.2, 0.25) is 0 Å². The summed E-state index contributed by atoms with van der Waals surface area (Å²) in [7, 11) is 0. The minimum absolute atomic E-state index is 0.0411. The van der Waals surface area contributed by atoms with E-state index in [4.69, 9.17) is 4.42 Å². The number of benzene rings is 1. The summed E-state index contributed by atoms with van der Waals surface area (Å²) in [4.78, 5) is 33.0. The van der Waals surface area contributed by atoms with E-state index in [9.17, 15) is 18.4 Å². The molecule has 0 aliphatic carbocycles. The Bertz CT molecular complexity index is 1050. The topological polar surface area (TPSA) is 91.2 Å². The van der Waals surface area contributed by atoms with Crippen LogP contribution in [0.15, 0.2) is 34.7 Å². The van der Waals surface area contributed by atoms with Crippen LogP contribution < -0.4 is 5.32 Å². The first-order valence-electron chi connectivity index (χ1n) is 9.35. The first kappa shape index (κ1) is 19.1. The number of amides is 2. The van der Waals surface area contributed by atoms with Crippen molar-refractivity contribution in [3.63, 3.8) is 0 Å². The Labute approximate surface area is 165 Å². The number of hydrogen-bond acceptors (Lipinski definition) is 4. The van der Waals surface area contributed by atoms with Crippen LogP contribution in [0.1, 0.15) is 51.8 Å². The number of nitrogens with zero attached hydrogens (tertiary/aromatic N) is 2. The van der Waals surface area contributed by atoms with Gasteiger partial charge in [0, 0.05) is 24.7 Å². The van der Waals surface area contributed by atoms with Crippen molar-refractivity contribution in [1.82, 2.24) is 20.2 Å². The van der Waals surface area contributed by atoms with E-state index in [0.717, 1.165) is 0 Å². The molecule has 3 heterocycles. The van der Waals surface area contributed by atoms with Crippen LogP contribution in [-0.2, 0) is 0 Å². The van der Waals surface area contributed by atoms with Gasteiger partial charge in [-0.1, -0.05) is 0 Å². The lowest BCUT2D eigenvalue weighted by atomic mass is 10.0. The highest BCUT2D eigenvalue weighted by Gasteiger charge is 2.26. The van der Waals surface area contributed by atoms with Crippen molar-refractivity contribution in [2.45, 2.75) is 32.2 Å². The lowest BCUT2D eigenvalue weighted by Gasteiger charge is -2.32. The number of carbonyl (C=O) groups is 2. The third-order valence-corrected chi connectivity index (χ3v) is 5.04. The molecule has 0 unspecified atom stereocenters. The van der Waals surface area contributed by atoms with Gasteiger partial charge in [0.1, 0.15) is 5.76 Å². The van der Waals surface area contributed by atoms with Gasteiger partial charge in [-0.25, -0.2) is 13.8 Å². The van der Waals surface area contributed by atoms with Gasteiger partial charge in [0.25, 0.3) is 18.2 Å². The number of aromatic amines is 1. The molecule has 9 heteroatoms. The summed E-state index contributed by atoms with van der Waals surface area (Å²) in [5.74, 6) is 0.101. The number of alkyl halides is 2. The highest BCUT2D eigenvalue weighted by atomic mass is 19.3. The Morgan fingerprint density at radius 3 is 2.66 bits per heavy atom. The molecule has 1 aliphatic rings. The average molecular weight is 402 g/mol. The van der Waals surface area contributed by atoms with E-state index in [-0.39, 0.29) is 23.6 Å². The van der Waals surface area contributed by atoms with Crippen molar-refractivity contribution in [1.29, 1.82) is 0 Å². The summed E-state index contributed by atoms with van der Waals surface area (Å²) in [5.41, 5.74) is 1.21. The van der Waals surface area contributed by atoms with Gasteiger partial charge in [0.15, 0.2) is 11.6 Å². The van der Waals surface area contributed by atoms with Crippen LogP contribution >= 0.6 is 0 Å². The summed E-state index contributed by atoms with van der Waals surface area (Å²) < 4.78 is 30.9. The molecular formula is C20H20F2N4O3. The molecule has 1 aromatic carbocycles. The van der Waals surface area contributed by atoms with E-state index in [1.165, 1.54) is 0 Å².